The number of morpholine rings is 1. The molecule has 1 aliphatic heterocycles. The number of fused-ring (bicyclic) bond motifs is 1. The maximum absolute atomic E-state index is 12.8. The smallest absolute Gasteiger partial charge is 0.269 e. The molecule has 1 saturated heterocycles. The van der Waals surface area contributed by atoms with Gasteiger partial charge < -0.3 is 14.6 Å². The predicted octanol–water partition coefficient (Wildman–Crippen LogP) is 6.13. The Kier molecular flexibility index (Phi) is 10.7. The van der Waals surface area contributed by atoms with Crippen LogP contribution >= 0.6 is 0 Å². The molecule has 1 fully saturated rings. The summed E-state index contributed by atoms with van der Waals surface area (Å²) in [6.45, 7) is 4.29. The number of non-ortho nitro benzene ring substituents is 1. The van der Waals surface area contributed by atoms with E-state index >= 15 is 0 Å². The number of imidazole rings is 1. The van der Waals surface area contributed by atoms with E-state index in [4.69, 9.17) is 14.5 Å². The number of carbonyl (C=O) groups excluding carboxylic acids is 1. The largest absolute Gasteiger partial charge is 0.476 e. The molecular formula is C41H41N7O6. The number of aromatic nitrogens is 4. The fraction of sp³-hybridized carbons (Fsp3) is 0.268. The number of nitrogens with one attached hydrogen (secondary N) is 1. The van der Waals surface area contributed by atoms with Gasteiger partial charge in [0.25, 0.3) is 5.69 Å². The van der Waals surface area contributed by atoms with Crippen LogP contribution in [0.2, 0.25) is 0 Å². The molecule has 54 heavy (non-hydrogen) atoms. The van der Waals surface area contributed by atoms with Gasteiger partial charge in [0.15, 0.2) is 11.2 Å². The van der Waals surface area contributed by atoms with Crippen LogP contribution in [-0.4, -0.2) is 72.8 Å². The summed E-state index contributed by atoms with van der Waals surface area (Å²) >= 11 is 0. The fourth-order valence-electron chi connectivity index (χ4n) is 6.99. The molecule has 2 atom stereocenters. The molecule has 276 valence electrons. The molecule has 13 nitrogen and oxygen atoms in total. The molecule has 13 heteroatoms. The summed E-state index contributed by atoms with van der Waals surface area (Å²) in [5.41, 5.74) is 3.99. The maximum atomic E-state index is 12.8. The van der Waals surface area contributed by atoms with Crippen molar-refractivity contribution >= 4 is 28.7 Å². The summed E-state index contributed by atoms with van der Waals surface area (Å²) in [6.07, 6.45) is 0.815. The molecule has 2 aromatic heterocycles. The number of benzene rings is 4. The standard InChI is InChI=1S/C41H41N7O6/c1-28(2)38(50)44-40-43-37-36(39(45-40)53-23-22-29-18-20-33(21-19-29)48(51)52)42-27-47(37)35-25-46(24-34(26-49)54-35)41(30-12-6-3-7-13-30,31-14-8-4-9-15-31)32-16-10-5-11-17-32/h3-21,27-28,34-35,49H,22-26H2,1-2H3,(H,43,44,45,50). The Morgan fingerprint density at radius 2 is 1.52 bits per heavy atom. The first kappa shape index (κ1) is 36.3. The Morgan fingerprint density at radius 3 is 2.06 bits per heavy atom. The first-order valence-corrected chi connectivity index (χ1v) is 17.9. The second-order valence-corrected chi connectivity index (χ2v) is 13.5. The Morgan fingerprint density at radius 1 is 0.926 bits per heavy atom. The number of amides is 1. The quantitative estimate of drug-likeness (QED) is 0.0805. The number of nitro groups is 1. The van der Waals surface area contributed by atoms with Crippen LogP contribution in [0.15, 0.2) is 122 Å². The number of anilines is 1. The average Bonchev–Trinajstić information content (AvgIpc) is 3.64. The van der Waals surface area contributed by atoms with Crippen molar-refractivity contribution in [3.05, 3.63) is 154 Å². The SMILES string of the molecule is CC(C)C(=O)Nc1nc(OCCc2ccc([N+](=O)[O-])cc2)c2ncn(C3CN(C(c4ccccc4)(c4ccccc4)c4ccccc4)CC(CO)O3)c2n1. The lowest BCUT2D eigenvalue weighted by atomic mass is 9.75. The first-order chi connectivity index (χ1) is 26.3. The molecular weight excluding hydrogens is 686 g/mol. The third-order valence-corrected chi connectivity index (χ3v) is 9.64. The lowest BCUT2D eigenvalue weighted by Gasteiger charge is -2.50. The number of carbonyl (C=O) groups is 1. The minimum Gasteiger partial charge on any atom is -0.476 e. The molecule has 7 rings (SSSR count). The van der Waals surface area contributed by atoms with Gasteiger partial charge in [0, 0.05) is 37.6 Å². The van der Waals surface area contributed by atoms with Crippen LogP contribution in [0.3, 0.4) is 0 Å². The minimum atomic E-state index is -0.771. The van der Waals surface area contributed by atoms with Crippen molar-refractivity contribution in [1.82, 2.24) is 24.4 Å². The van der Waals surface area contributed by atoms with E-state index in [9.17, 15) is 20.0 Å². The highest BCUT2D eigenvalue weighted by Crippen LogP contribution is 2.45. The predicted molar refractivity (Wildman–Crippen MR) is 203 cm³/mol. The van der Waals surface area contributed by atoms with Gasteiger partial charge in [-0.3, -0.25) is 29.7 Å². The molecule has 1 aliphatic rings. The number of ether oxygens (including phenoxy) is 2. The van der Waals surface area contributed by atoms with E-state index < -0.39 is 22.8 Å². The van der Waals surface area contributed by atoms with Gasteiger partial charge in [-0.1, -0.05) is 117 Å². The fourth-order valence-corrected chi connectivity index (χ4v) is 6.99. The Balaban J connectivity index is 1.29. The third kappa shape index (κ3) is 7.29. The first-order valence-electron chi connectivity index (χ1n) is 17.9. The number of nitrogens with zero attached hydrogens (tertiary/aromatic N) is 6. The molecule has 0 bridgehead atoms. The molecule has 2 unspecified atom stereocenters. The number of rotatable bonds is 13. The zero-order valence-electron chi connectivity index (χ0n) is 30.0. The molecule has 0 aliphatic carbocycles. The summed E-state index contributed by atoms with van der Waals surface area (Å²) in [5.74, 6) is -0.385. The van der Waals surface area contributed by atoms with Crippen molar-refractivity contribution in [2.45, 2.75) is 38.1 Å². The van der Waals surface area contributed by atoms with Gasteiger partial charge in [-0.15, -0.1) is 0 Å². The van der Waals surface area contributed by atoms with E-state index in [1.165, 1.54) is 12.1 Å². The van der Waals surface area contributed by atoms with E-state index in [0.29, 0.717) is 30.7 Å². The van der Waals surface area contributed by atoms with E-state index in [1.807, 2.05) is 54.6 Å². The average molecular weight is 728 g/mol. The Bertz CT molecular complexity index is 2100. The Labute approximate surface area is 312 Å². The van der Waals surface area contributed by atoms with E-state index in [0.717, 1.165) is 22.3 Å². The molecule has 1 amide bonds. The highest BCUT2D eigenvalue weighted by molar-refractivity contribution is 5.91. The van der Waals surface area contributed by atoms with Crippen LogP contribution in [0, 0.1) is 16.0 Å². The molecule has 0 radical (unpaired) electrons. The third-order valence-electron chi connectivity index (χ3n) is 9.64. The zero-order valence-corrected chi connectivity index (χ0v) is 30.0. The van der Waals surface area contributed by atoms with Crippen molar-refractivity contribution in [2.75, 3.05) is 31.6 Å². The number of aliphatic hydroxyl groups is 1. The summed E-state index contributed by atoms with van der Waals surface area (Å²) in [6, 6.07) is 37.3. The van der Waals surface area contributed by atoms with Crippen molar-refractivity contribution in [2.24, 2.45) is 5.92 Å². The van der Waals surface area contributed by atoms with Gasteiger partial charge in [0.05, 0.1) is 36.1 Å². The molecule has 4 aromatic carbocycles. The zero-order chi connectivity index (χ0) is 37.7. The lowest BCUT2D eigenvalue weighted by Crippen LogP contribution is -2.57. The van der Waals surface area contributed by atoms with Crippen LogP contribution < -0.4 is 10.1 Å². The van der Waals surface area contributed by atoms with Crippen molar-refractivity contribution in [3.63, 3.8) is 0 Å². The van der Waals surface area contributed by atoms with Gasteiger partial charge in [0.1, 0.15) is 6.23 Å². The van der Waals surface area contributed by atoms with Gasteiger partial charge in [-0.25, -0.2) is 4.98 Å². The van der Waals surface area contributed by atoms with Crippen LogP contribution in [0.25, 0.3) is 11.2 Å². The highest BCUT2D eigenvalue weighted by Gasteiger charge is 2.46. The minimum absolute atomic E-state index is 0.00809. The second kappa shape index (κ2) is 15.9. The monoisotopic (exact) mass is 727 g/mol. The number of hydrogen-bond acceptors (Lipinski definition) is 10. The topological polar surface area (TPSA) is 158 Å². The molecule has 3 heterocycles. The van der Waals surface area contributed by atoms with Crippen LogP contribution in [0.4, 0.5) is 11.6 Å². The van der Waals surface area contributed by atoms with Crippen molar-refractivity contribution in [3.8, 4) is 5.88 Å². The summed E-state index contributed by atoms with van der Waals surface area (Å²) in [7, 11) is 0. The highest BCUT2D eigenvalue weighted by atomic mass is 16.6. The summed E-state index contributed by atoms with van der Waals surface area (Å²) in [4.78, 5) is 39.8. The number of nitro benzene ring substituents is 1. The molecule has 0 spiro atoms. The van der Waals surface area contributed by atoms with Crippen molar-refractivity contribution < 1.29 is 24.3 Å². The molecule has 2 N–H and O–H groups in total. The molecule has 6 aromatic rings. The molecule has 0 saturated carbocycles. The summed E-state index contributed by atoms with van der Waals surface area (Å²) < 4.78 is 14.5. The number of aliphatic hydroxyl groups excluding tert-OH is 1. The van der Waals surface area contributed by atoms with E-state index in [-0.39, 0.29) is 42.6 Å². The van der Waals surface area contributed by atoms with Crippen LogP contribution in [-0.2, 0) is 21.5 Å². The van der Waals surface area contributed by atoms with E-state index in [2.05, 4.69) is 56.6 Å². The van der Waals surface area contributed by atoms with Gasteiger partial charge >= 0.3 is 0 Å². The van der Waals surface area contributed by atoms with Crippen LogP contribution in [0.5, 0.6) is 5.88 Å². The summed E-state index contributed by atoms with van der Waals surface area (Å²) in [5, 5.41) is 24.6. The number of hydrogen-bond donors (Lipinski definition) is 2. The lowest BCUT2D eigenvalue weighted by molar-refractivity contribution is -0.384. The van der Waals surface area contributed by atoms with Gasteiger partial charge in [-0.2, -0.15) is 9.97 Å². The van der Waals surface area contributed by atoms with Gasteiger partial charge in [0.2, 0.25) is 17.7 Å². The second-order valence-electron chi connectivity index (χ2n) is 13.5. The Hall–Kier alpha value is -6.02. The van der Waals surface area contributed by atoms with E-state index in [1.54, 1.807) is 36.9 Å². The maximum Gasteiger partial charge on any atom is 0.269 e. The van der Waals surface area contributed by atoms with Gasteiger partial charge in [-0.05, 0) is 22.3 Å². The van der Waals surface area contributed by atoms with Crippen molar-refractivity contribution in [1.29, 1.82) is 0 Å². The normalized spacial score (nSPS) is 16.4. The van der Waals surface area contributed by atoms with Crippen LogP contribution in [0.1, 0.15) is 42.3 Å².